The molecule has 0 amide bonds. The molecule has 0 aliphatic heterocycles. The lowest BCUT2D eigenvalue weighted by atomic mass is 9.66. The monoisotopic (exact) mass is 140 g/mol. The summed E-state index contributed by atoms with van der Waals surface area (Å²) < 4.78 is 0. The van der Waals surface area contributed by atoms with Gasteiger partial charge in [-0.25, -0.2) is 0 Å². The lowest BCUT2D eigenvalue weighted by Crippen LogP contribution is -2.29. The fourth-order valence-electron chi connectivity index (χ4n) is 2.13. The van der Waals surface area contributed by atoms with Crippen molar-refractivity contribution in [2.75, 3.05) is 0 Å². The standard InChI is InChI=1S/C10H20/c1-8-5-6-9(2)10(3,4)7-8/h8-9H,5-7H2,1-4H3/t8-,9+/m1/s1. The van der Waals surface area contributed by atoms with Crippen LogP contribution in [0, 0.1) is 17.3 Å². The van der Waals surface area contributed by atoms with Crippen molar-refractivity contribution in [2.24, 2.45) is 17.3 Å². The molecule has 1 rings (SSSR count). The summed E-state index contributed by atoms with van der Waals surface area (Å²) in [5.74, 6) is 1.90. The van der Waals surface area contributed by atoms with Crippen molar-refractivity contribution < 1.29 is 0 Å². The second-order valence-corrected chi connectivity index (χ2v) is 4.78. The second kappa shape index (κ2) is 2.56. The number of hydrogen-bond donors (Lipinski definition) is 0. The van der Waals surface area contributed by atoms with Crippen LogP contribution >= 0.6 is 0 Å². The van der Waals surface area contributed by atoms with Crippen LogP contribution in [0.25, 0.3) is 0 Å². The first kappa shape index (κ1) is 8.10. The minimum Gasteiger partial charge on any atom is -0.0625 e. The Labute approximate surface area is 65.0 Å². The van der Waals surface area contributed by atoms with Gasteiger partial charge in [-0.3, -0.25) is 0 Å². The topological polar surface area (TPSA) is 0 Å². The molecule has 0 aromatic carbocycles. The van der Waals surface area contributed by atoms with Crippen molar-refractivity contribution in [1.82, 2.24) is 0 Å². The van der Waals surface area contributed by atoms with Gasteiger partial charge in [-0.05, 0) is 30.1 Å². The average molecular weight is 140 g/mol. The quantitative estimate of drug-likeness (QED) is 0.483. The van der Waals surface area contributed by atoms with E-state index in [1.165, 1.54) is 19.3 Å². The van der Waals surface area contributed by atoms with Crippen molar-refractivity contribution in [3.05, 3.63) is 0 Å². The fraction of sp³-hybridized carbons (Fsp3) is 1.00. The van der Waals surface area contributed by atoms with Gasteiger partial charge in [0.15, 0.2) is 0 Å². The highest BCUT2D eigenvalue weighted by Crippen LogP contribution is 2.42. The van der Waals surface area contributed by atoms with Crippen LogP contribution in [0.5, 0.6) is 0 Å². The van der Waals surface area contributed by atoms with Gasteiger partial charge in [-0.15, -0.1) is 0 Å². The first-order chi connectivity index (χ1) is 4.52. The molecule has 0 unspecified atom stereocenters. The molecule has 60 valence electrons. The smallest absolute Gasteiger partial charge is 0.0326 e. The first-order valence-electron chi connectivity index (χ1n) is 4.52. The van der Waals surface area contributed by atoms with E-state index < -0.39 is 0 Å². The zero-order chi connectivity index (χ0) is 7.78. The third kappa shape index (κ3) is 1.53. The lowest BCUT2D eigenvalue weighted by molar-refractivity contribution is 0.115. The lowest BCUT2D eigenvalue weighted by Gasteiger charge is -2.39. The molecular weight excluding hydrogens is 120 g/mol. The molecule has 1 aliphatic carbocycles. The number of hydrogen-bond acceptors (Lipinski definition) is 0. The average Bonchev–Trinajstić information content (AvgIpc) is 1.78. The van der Waals surface area contributed by atoms with Crippen LogP contribution in [0.15, 0.2) is 0 Å². The summed E-state index contributed by atoms with van der Waals surface area (Å²) in [5, 5.41) is 0. The minimum absolute atomic E-state index is 0.609. The van der Waals surface area contributed by atoms with Gasteiger partial charge in [0.05, 0.1) is 0 Å². The molecule has 0 saturated heterocycles. The summed E-state index contributed by atoms with van der Waals surface area (Å²) in [6.45, 7) is 9.60. The van der Waals surface area contributed by atoms with E-state index in [1.807, 2.05) is 0 Å². The summed E-state index contributed by atoms with van der Waals surface area (Å²) in [5.41, 5.74) is 0.609. The Morgan fingerprint density at radius 3 is 2.10 bits per heavy atom. The zero-order valence-corrected chi connectivity index (χ0v) is 7.78. The molecule has 2 atom stereocenters. The molecular formula is C10H20. The number of rotatable bonds is 0. The highest BCUT2D eigenvalue weighted by molar-refractivity contribution is 4.82. The van der Waals surface area contributed by atoms with Crippen LogP contribution in [0.4, 0.5) is 0 Å². The third-order valence-corrected chi connectivity index (χ3v) is 3.30. The summed E-state index contributed by atoms with van der Waals surface area (Å²) in [6, 6.07) is 0. The molecule has 0 heteroatoms. The predicted molar refractivity (Wildman–Crippen MR) is 46.0 cm³/mol. The van der Waals surface area contributed by atoms with E-state index in [0.29, 0.717) is 5.41 Å². The molecule has 0 aromatic heterocycles. The highest BCUT2D eigenvalue weighted by Gasteiger charge is 2.31. The summed E-state index contributed by atoms with van der Waals surface area (Å²) in [4.78, 5) is 0. The first-order valence-corrected chi connectivity index (χ1v) is 4.52. The van der Waals surface area contributed by atoms with Crippen molar-refractivity contribution in [1.29, 1.82) is 0 Å². The molecule has 0 nitrogen and oxygen atoms in total. The fourth-order valence-corrected chi connectivity index (χ4v) is 2.13. The van der Waals surface area contributed by atoms with E-state index in [1.54, 1.807) is 0 Å². The molecule has 10 heavy (non-hydrogen) atoms. The van der Waals surface area contributed by atoms with Crippen LogP contribution in [-0.2, 0) is 0 Å². The van der Waals surface area contributed by atoms with E-state index in [-0.39, 0.29) is 0 Å². The van der Waals surface area contributed by atoms with E-state index in [0.717, 1.165) is 11.8 Å². The van der Waals surface area contributed by atoms with Crippen LogP contribution in [0.1, 0.15) is 47.0 Å². The molecule has 0 spiro atoms. The Balaban J connectivity index is 2.55. The normalized spacial score (nSPS) is 39.6. The molecule has 0 bridgehead atoms. The Morgan fingerprint density at radius 2 is 1.70 bits per heavy atom. The molecule has 1 aliphatic rings. The zero-order valence-electron chi connectivity index (χ0n) is 7.78. The van der Waals surface area contributed by atoms with Crippen molar-refractivity contribution in [3.63, 3.8) is 0 Å². The molecule has 0 radical (unpaired) electrons. The molecule has 1 fully saturated rings. The van der Waals surface area contributed by atoms with Crippen molar-refractivity contribution in [2.45, 2.75) is 47.0 Å². The van der Waals surface area contributed by atoms with Gasteiger partial charge in [0.1, 0.15) is 0 Å². The summed E-state index contributed by atoms with van der Waals surface area (Å²) in [6.07, 6.45) is 4.31. The maximum absolute atomic E-state index is 2.41. The summed E-state index contributed by atoms with van der Waals surface area (Å²) >= 11 is 0. The molecule has 0 heterocycles. The molecule has 0 N–H and O–H groups in total. The van der Waals surface area contributed by atoms with Crippen LogP contribution in [-0.4, -0.2) is 0 Å². The van der Waals surface area contributed by atoms with Crippen molar-refractivity contribution >= 4 is 0 Å². The Bertz CT molecular complexity index is 113. The van der Waals surface area contributed by atoms with Gasteiger partial charge in [0.25, 0.3) is 0 Å². The van der Waals surface area contributed by atoms with E-state index in [4.69, 9.17) is 0 Å². The summed E-state index contributed by atoms with van der Waals surface area (Å²) in [7, 11) is 0. The van der Waals surface area contributed by atoms with Gasteiger partial charge in [-0.2, -0.15) is 0 Å². The molecule has 0 aromatic rings. The minimum atomic E-state index is 0.609. The van der Waals surface area contributed by atoms with Gasteiger partial charge >= 0.3 is 0 Å². The SMILES string of the molecule is C[C@@H]1CC[C@H](C)C(C)(C)C1. The van der Waals surface area contributed by atoms with Crippen LogP contribution in [0.3, 0.4) is 0 Å². The third-order valence-electron chi connectivity index (χ3n) is 3.30. The van der Waals surface area contributed by atoms with E-state index in [2.05, 4.69) is 27.7 Å². The predicted octanol–water partition coefficient (Wildman–Crippen LogP) is 3.47. The maximum Gasteiger partial charge on any atom is -0.0326 e. The Morgan fingerprint density at radius 1 is 1.10 bits per heavy atom. The Hall–Kier alpha value is 0. The van der Waals surface area contributed by atoms with Gasteiger partial charge < -0.3 is 0 Å². The Kier molecular flexibility index (Phi) is 2.07. The molecule has 1 saturated carbocycles. The van der Waals surface area contributed by atoms with Crippen LogP contribution in [0.2, 0.25) is 0 Å². The van der Waals surface area contributed by atoms with E-state index in [9.17, 15) is 0 Å². The van der Waals surface area contributed by atoms with Crippen LogP contribution < -0.4 is 0 Å². The largest absolute Gasteiger partial charge is 0.0625 e. The van der Waals surface area contributed by atoms with E-state index >= 15 is 0 Å². The maximum atomic E-state index is 2.41. The second-order valence-electron chi connectivity index (χ2n) is 4.78. The van der Waals surface area contributed by atoms with Gasteiger partial charge in [-0.1, -0.05) is 34.1 Å². The highest BCUT2D eigenvalue weighted by atomic mass is 14.4. The van der Waals surface area contributed by atoms with Gasteiger partial charge in [0.2, 0.25) is 0 Å². The van der Waals surface area contributed by atoms with Gasteiger partial charge in [0, 0.05) is 0 Å². The van der Waals surface area contributed by atoms with Crippen molar-refractivity contribution in [3.8, 4) is 0 Å².